The van der Waals surface area contributed by atoms with Gasteiger partial charge in [-0.15, -0.1) is 0 Å². The predicted octanol–water partition coefficient (Wildman–Crippen LogP) is 3.91. The van der Waals surface area contributed by atoms with Crippen molar-refractivity contribution in [1.82, 2.24) is 10.2 Å². The summed E-state index contributed by atoms with van der Waals surface area (Å²) in [5.41, 5.74) is 2.08. The fraction of sp³-hybridized carbons (Fsp3) is 0.273. The minimum Gasteiger partial charge on any atom is -0.371 e. The fourth-order valence-corrected chi connectivity index (χ4v) is 3.62. The SMILES string of the molecule is O=C1N/C(=C/c2ccc(N3CCCCC3)cc2F)C(=O)N1Cc1ccccc1. The summed E-state index contributed by atoms with van der Waals surface area (Å²) in [6.07, 6.45) is 4.85. The number of benzene rings is 2. The van der Waals surface area contributed by atoms with Gasteiger partial charge in [-0.2, -0.15) is 0 Å². The van der Waals surface area contributed by atoms with E-state index in [1.165, 1.54) is 18.6 Å². The van der Waals surface area contributed by atoms with E-state index in [0.717, 1.165) is 42.1 Å². The van der Waals surface area contributed by atoms with Crippen LogP contribution in [0.1, 0.15) is 30.4 Å². The summed E-state index contributed by atoms with van der Waals surface area (Å²) in [5.74, 6) is -0.854. The van der Waals surface area contributed by atoms with Gasteiger partial charge in [-0.3, -0.25) is 9.69 Å². The number of urea groups is 1. The van der Waals surface area contributed by atoms with E-state index in [1.54, 1.807) is 6.07 Å². The van der Waals surface area contributed by atoms with Gasteiger partial charge in [-0.05, 0) is 49.1 Å². The number of carbonyl (C=O) groups excluding carboxylic acids is 2. The normalized spacial score (nSPS) is 18.7. The van der Waals surface area contributed by atoms with Crippen molar-refractivity contribution in [2.45, 2.75) is 25.8 Å². The molecular formula is C22H22FN3O2. The van der Waals surface area contributed by atoms with Crippen LogP contribution < -0.4 is 10.2 Å². The average Bonchev–Trinajstić information content (AvgIpc) is 2.98. The topological polar surface area (TPSA) is 52.7 Å². The van der Waals surface area contributed by atoms with Crippen LogP contribution in [0.15, 0.2) is 54.2 Å². The van der Waals surface area contributed by atoms with Crippen molar-refractivity contribution in [3.63, 3.8) is 0 Å². The minimum absolute atomic E-state index is 0.0885. The van der Waals surface area contributed by atoms with Crippen LogP contribution in [0.4, 0.5) is 14.9 Å². The van der Waals surface area contributed by atoms with Crippen LogP contribution in [-0.4, -0.2) is 29.9 Å². The summed E-state index contributed by atoms with van der Waals surface area (Å²) in [6.45, 7) is 2.05. The zero-order valence-corrected chi connectivity index (χ0v) is 15.5. The minimum atomic E-state index is -0.495. The summed E-state index contributed by atoms with van der Waals surface area (Å²) in [6, 6.07) is 13.8. The molecule has 2 aliphatic rings. The molecule has 3 amide bonds. The number of rotatable bonds is 4. The Morgan fingerprint density at radius 3 is 2.46 bits per heavy atom. The lowest BCUT2D eigenvalue weighted by Crippen LogP contribution is -2.30. The average molecular weight is 379 g/mol. The van der Waals surface area contributed by atoms with Crippen molar-refractivity contribution in [2.75, 3.05) is 18.0 Å². The van der Waals surface area contributed by atoms with E-state index in [-0.39, 0.29) is 17.8 Å². The quantitative estimate of drug-likeness (QED) is 0.647. The molecule has 0 aliphatic carbocycles. The Morgan fingerprint density at radius 1 is 1.00 bits per heavy atom. The molecule has 0 bridgehead atoms. The molecule has 5 nitrogen and oxygen atoms in total. The Balaban J connectivity index is 1.52. The van der Waals surface area contributed by atoms with E-state index >= 15 is 0 Å². The van der Waals surface area contributed by atoms with Crippen LogP contribution in [0.5, 0.6) is 0 Å². The smallest absolute Gasteiger partial charge is 0.329 e. The van der Waals surface area contributed by atoms with Crippen molar-refractivity contribution in [3.8, 4) is 0 Å². The molecule has 2 heterocycles. The van der Waals surface area contributed by atoms with Gasteiger partial charge in [0.05, 0.1) is 6.54 Å². The molecule has 0 radical (unpaired) electrons. The zero-order chi connectivity index (χ0) is 19.5. The van der Waals surface area contributed by atoms with Crippen LogP contribution in [0.3, 0.4) is 0 Å². The molecule has 144 valence electrons. The first kappa shape index (κ1) is 18.2. The molecule has 6 heteroatoms. The third-order valence-electron chi connectivity index (χ3n) is 5.15. The molecule has 0 aromatic heterocycles. The van der Waals surface area contributed by atoms with Crippen LogP contribution in [0.2, 0.25) is 0 Å². The van der Waals surface area contributed by atoms with Crippen molar-refractivity contribution in [1.29, 1.82) is 0 Å². The van der Waals surface area contributed by atoms with E-state index in [9.17, 15) is 14.0 Å². The standard InChI is InChI=1S/C22H22FN3O2/c23-19-14-18(25-11-5-2-6-12-25)10-9-17(19)13-20-21(27)26(22(28)24-20)15-16-7-3-1-4-8-16/h1,3-4,7-10,13-14H,2,5-6,11-12,15H2,(H,24,28)/b20-13+. The number of carbonyl (C=O) groups is 2. The predicted molar refractivity (Wildman–Crippen MR) is 106 cm³/mol. The lowest BCUT2D eigenvalue weighted by molar-refractivity contribution is -0.123. The summed E-state index contributed by atoms with van der Waals surface area (Å²) in [7, 11) is 0. The molecule has 28 heavy (non-hydrogen) atoms. The molecule has 2 fully saturated rings. The third-order valence-corrected chi connectivity index (χ3v) is 5.15. The van der Waals surface area contributed by atoms with E-state index < -0.39 is 17.8 Å². The van der Waals surface area contributed by atoms with Gasteiger partial charge in [0.25, 0.3) is 5.91 Å². The number of anilines is 1. The van der Waals surface area contributed by atoms with Gasteiger partial charge in [0, 0.05) is 24.3 Å². The zero-order valence-electron chi connectivity index (χ0n) is 15.5. The first-order chi connectivity index (χ1) is 13.6. The van der Waals surface area contributed by atoms with Crippen LogP contribution >= 0.6 is 0 Å². The first-order valence-corrected chi connectivity index (χ1v) is 9.55. The number of hydrogen-bond acceptors (Lipinski definition) is 3. The number of nitrogens with zero attached hydrogens (tertiary/aromatic N) is 2. The van der Waals surface area contributed by atoms with Gasteiger partial charge < -0.3 is 10.2 Å². The lowest BCUT2D eigenvalue weighted by Gasteiger charge is -2.28. The molecular weight excluding hydrogens is 357 g/mol. The highest BCUT2D eigenvalue weighted by Crippen LogP contribution is 2.24. The van der Waals surface area contributed by atoms with Crippen molar-refractivity contribution in [3.05, 3.63) is 71.2 Å². The molecule has 2 aromatic carbocycles. The van der Waals surface area contributed by atoms with Gasteiger partial charge in [-0.1, -0.05) is 30.3 Å². The first-order valence-electron chi connectivity index (χ1n) is 9.55. The van der Waals surface area contributed by atoms with Gasteiger partial charge >= 0.3 is 6.03 Å². The molecule has 2 aliphatic heterocycles. The highest BCUT2D eigenvalue weighted by atomic mass is 19.1. The Kier molecular flexibility index (Phi) is 5.10. The second-order valence-electron chi connectivity index (χ2n) is 7.12. The van der Waals surface area contributed by atoms with E-state index in [4.69, 9.17) is 0 Å². The Bertz CT molecular complexity index is 921. The molecule has 2 saturated heterocycles. The monoisotopic (exact) mass is 379 g/mol. The van der Waals surface area contributed by atoms with Gasteiger partial charge in [0.1, 0.15) is 11.5 Å². The molecule has 1 N–H and O–H groups in total. The van der Waals surface area contributed by atoms with Crippen LogP contribution in [-0.2, 0) is 11.3 Å². The van der Waals surface area contributed by atoms with E-state index in [2.05, 4.69) is 10.2 Å². The summed E-state index contributed by atoms with van der Waals surface area (Å²) in [5, 5.41) is 2.55. The maximum absolute atomic E-state index is 14.6. The molecule has 4 rings (SSSR count). The number of halogens is 1. The maximum Gasteiger partial charge on any atom is 0.329 e. The third kappa shape index (κ3) is 3.76. The fourth-order valence-electron chi connectivity index (χ4n) is 3.62. The number of nitrogens with one attached hydrogen (secondary N) is 1. The van der Waals surface area contributed by atoms with Gasteiger partial charge in [-0.25, -0.2) is 9.18 Å². The van der Waals surface area contributed by atoms with Crippen LogP contribution in [0, 0.1) is 5.82 Å². The number of piperidine rings is 1. The summed E-state index contributed by atoms with van der Waals surface area (Å²) >= 11 is 0. The second-order valence-corrected chi connectivity index (χ2v) is 7.12. The largest absolute Gasteiger partial charge is 0.371 e. The van der Waals surface area contributed by atoms with Crippen LogP contribution in [0.25, 0.3) is 6.08 Å². The highest BCUT2D eigenvalue weighted by Gasteiger charge is 2.33. The molecule has 0 atom stereocenters. The lowest BCUT2D eigenvalue weighted by atomic mass is 10.1. The molecule has 2 aromatic rings. The van der Waals surface area contributed by atoms with Crippen molar-refractivity contribution in [2.24, 2.45) is 0 Å². The number of imide groups is 1. The molecule has 0 unspecified atom stereocenters. The van der Waals surface area contributed by atoms with E-state index in [1.807, 2.05) is 36.4 Å². The number of hydrogen-bond donors (Lipinski definition) is 1. The second kappa shape index (κ2) is 7.84. The molecule has 0 saturated carbocycles. The van der Waals surface area contributed by atoms with Gasteiger partial charge in [0.2, 0.25) is 0 Å². The Morgan fingerprint density at radius 2 is 1.75 bits per heavy atom. The summed E-state index contributed by atoms with van der Waals surface area (Å²) in [4.78, 5) is 28.1. The maximum atomic E-state index is 14.6. The summed E-state index contributed by atoms with van der Waals surface area (Å²) < 4.78 is 14.6. The number of amides is 3. The van der Waals surface area contributed by atoms with Crippen molar-refractivity contribution < 1.29 is 14.0 Å². The Labute approximate surface area is 163 Å². The van der Waals surface area contributed by atoms with Gasteiger partial charge in [0.15, 0.2) is 0 Å². The molecule has 0 spiro atoms. The van der Waals surface area contributed by atoms with E-state index in [0.29, 0.717) is 0 Å². The van der Waals surface area contributed by atoms with Crippen molar-refractivity contribution >= 4 is 23.7 Å². The Hall–Kier alpha value is -3.15. The highest BCUT2D eigenvalue weighted by molar-refractivity contribution is 6.13.